The molecule has 1 aromatic heterocycles. The van der Waals surface area contributed by atoms with Gasteiger partial charge in [-0.2, -0.15) is 5.10 Å². The molecule has 1 atom stereocenters. The van der Waals surface area contributed by atoms with Crippen molar-refractivity contribution in [3.8, 4) is 5.69 Å². The van der Waals surface area contributed by atoms with Crippen molar-refractivity contribution in [2.24, 2.45) is 10.9 Å². The van der Waals surface area contributed by atoms with Gasteiger partial charge in [-0.1, -0.05) is 26.0 Å². The van der Waals surface area contributed by atoms with Gasteiger partial charge in [0.1, 0.15) is 0 Å². The van der Waals surface area contributed by atoms with Gasteiger partial charge in [0.25, 0.3) is 0 Å². The normalized spacial score (nSPS) is 16.2. The maximum Gasteiger partial charge on any atom is 0.191 e. The monoisotopic (exact) mass is 526 g/mol. The van der Waals surface area contributed by atoms with Crippen molar-refractivity contribution in [1.82, 2.24) is 25.3 Å². The lowest BCUT2D eigenvalue weighted by Gasteiger charge is -2.37. The third-order valence-electron chi connectivity index (χ3n) is 5.23. The first kappa shape index (κ1) is 24.6. The van der Waals surface area contributed by atoms with Crippen molar-refractivity contribution in [3.05, 3.63) is 48.3 Å². The van der Waals surface area contributed by atoms with Crippen molar-refractivity contribution < 1.29 is 4.74 Å². The average molecular weight is 526 g/mol. The summed E-state index contributed by atoms with van der Waals surface area (Å²) in [7, 11) is 0. The second-order valence-corrected chi connectivity index (χ2v) is 7.65. The molecule has 1 unspecified atom stereocenters. The Morgan fingerprint density at radius 1 is 1.17 bits per heavy atom. The fourth-order valence-corrected chi connectivity index (χ4v) is 3.58. The van der Waals surface area contributed by atoms with Gasteiger partial charge in [-0.05, 0) is 36.6 Å². The second-order valence-electron chi connectivity index (χ2n) is 7.65. The molecule has 1 aliphatic rings. The smallest absolute Gasteiger partial charge is 0.191 e. The van der Waals surface area contributed by atoms with E-state index in [0.717, 1.165) is 51.0 Å². The van der Waals surface area contributed by atoms with E-state index >= 15 is 0 Å². The van der Waals surface area contributed by atoms with Crippen LogP contribution in [0.1, 0.15) is 26.3 Å². The number of aromatic nitrogens is 2. The molecule has 0 saturated carbocycles. The Morgan fingerprint density at radius 3 is 2.50 bits per heavy atom. The minimum absolute atomic E-state index is 0. The van der Waals surface area contributed by atoms with Crippen LogP contribution >= 0.6 is 24.0 Å². The number of halogens is 1. The molecule has 2 heterocycles. The predicted octanol–water partition coefficient (Wildman–Crippen LogP) is 2.90. The Hall–Kier alpha value is -1.65. The first-order valence-corrected chi connectivity index (χ1v) is 10.6. The van der Waals surface area contributed by atoms with E-state index in [-0.39, 0.29) is 24.0 Å². The molecular weight excluding hydrogens is 491 g/mol. The molecule has 0 spiro atoms. The molecule has 3 rings (SSSR count). The summed E-state index contributed by atoms with van der Waals surface area (Å²) in [5.41, 5.74) is 2.23. The first-order valence-electron chi connectivity index (χ1n) is 10.6. The Bertz CT molecular complexity index is 741. The number of nitrogens with zero attached hydrogens (tertiary/aromatic N) is 4. The van der Waals surface area contributed by atoms with Crippen molar-refractivity contribution in [2.75, 3.05) is 39.4 Å². The topological polar surface area (TPSA) is 66.7 Å². The van der Waals surface area contributed by atoms with Crippen molar-refractivity contribution >= 4 is 29.9 Å². The summed E-state index contributed by atoms with van der Waals surface area (Å²) < 4.78 is 7.37. The van der Waals surface area contributed by atoms with Crippen LogP contribution in [0.2, 0.25) is 0 Å². The molecule has 0 radical (unpaired) electrons. The second kappa shape index (κ2) is 12.9. The summed E-state index contributed by atoms with van der Waals surface area (Å²) in [6.07, 6.45) is 3.73. The fourth-order valence-electron chi connectivity index (χ4n) is 3.58. The molecular formula is C22H35IN6O. The quantitative estimate of drug-likeness (QED) is 0.315. The minimum Gasteiger partial charge on any atom is -0.379 e. The summed E-state index contributed by atoms with van der Waals surface area (Å²) in [5, 5.41) is 11.2. The Balaban J connectivity index is 0.00000320. The van der Waals surface area contributed by atoms with Crippen molar-refractivity contribution in [1.29, 1.82) is 0 Å². The van der Waals surface area contributed by atoms with Crippen molar-refractivity contribution in [3.63, 3.8) is 0 Å². The summed E-state index contributed by atoms with van der Waals surface area (Å²) in [4.78, 5) is 7.31. The fraction of sp³-hybridized carbons (Fsp3) is 0.545. The molecule has 0 amide bonds. The number of rotatable bonds is 8. The molecule has 0 bridgehead atoms. The molecule has 7 nitrogen and oxygen atoms in total. The lowest BCUT2D eigenvalue weighted by molar-refractivity contribution is 0.00752. The SMILES string of the molecule is CCNC(=NCc1ccc(-n2cccn2)cc1)NCC(C(C)C)N1CCOCC1.I. The number of benzene rings is 1. The highest BCUT2D eigenvalue weighted by atomic mass is 127. The maximum atomic E-state index is 5.51. The summed E-state index contributed by atoms with van der Waals surface area (Å²) >= 11 is 0. The van der Waals surface area contributed by atoms with E-state index in [4.69, 9.17) is 9.73 Å². The molecule has 1 aliphatic heterocycles. The number of ether oxygens (including phenoxy) is 1. The molecule has 0 aliphatic carbocycles. The van der Waals surface area contributed by atoms with Crippen LogP contribution in [0.15, 0.2) is 47.7 Å². The molecule has 2 N–H and O–H groups in total. The summed E-state index contributed by atoms with van der Waals surface area (Å²) in [6, 6.07) is 10.8. The molecule has 1 fully saturated rings. The van der Waals surface area contributed by atoms with Crippen LogP contribution in [0.4, 0.5) is 0 Å². The summed E-state index contributed by atoms with van der Waals surface area (Å²) in [5.74, 6) is 1.43. The highest BCUT2D eigenvalue weighted by molar-refractivity contribution is 14.0. The van der Waals surface area contributed by atoms with E-state index in [1.165, 1.54) is 5.56 Å². The molecule has 30 heavy (non-hydrogen) atoms. The van der Waals surface area contributed by atoms with Gasteiger partial charge in [0.15, 0.2) is 5.96 Å². The molecule has 1 saturated heterocycles. The Kier molecular flexibility index (Phi) is 10.6. The number of hydrogen-bond donors (Lipinski definition) is 2. The predicted molar refractivity (Wildman–Crippen MR) is 133 cm³/mol. The highest BCUT2D eigenvalue weighted by Gasteiger charge is 2.23. The third kappa shape index (κ3) is 7.24. The lowest BCUT2D eigenvalue weighted by Crippen LogP contribution is -2.52. The van der Waals surface area contributed by atoms with Gasteiger partial charge >= 0.3 is 0 Å². The summed E-state index contributed by atoms with van der Waals surface area (Å²) in [6.45, 7) is 12.7. The lowest BCUT2D eigenvalue weighted by atomic mass is 10.0. The van der Waals surface area contributed by atoms with Crippen LogP contribution in [0.5, 0.6) is 0 Å². The van der Waals surface area contributed by atoms with Gasteiger partial charge < -0.3 is 15.4 Å². The number of nitrogens with one attached hydrogen (secondary N) is 2. The van der Waals surface area contributed by atoms with Gasteiger partial charge in [0.05, 0.1) is 25.4 Å². The van der Waals surface area contributed by atoms with Gasteiger partial charge in [0.2, 0.25) is 0 Å². The van der Waals surface area contributed by atoms with E-state index < -0.39 is 0 Å². The zero-order chi connectivity index (χ0) is 20.5. The maximum absolute atomic E-state index is 5.51. The van der Waals surface area contributed by atoms with Gasteiger partial charge in [-0.3, -0.25) is 4.90 Å². The standard InChI is InChI=1S/C22H34N6O.HI/c1-4-23-22(25-17-21(18(2)3)27-12-14-29-15-13-27)24-16-19-6-8-20(9-7-19)28-11-5-10-26-28;/h5-11,18,21H,4,12-17H2,1-3H3,(H2,23,24,25);1H. The zero-order valence-corrected chi connectivity index (χ0v) is 20.6. The van der Waals surface area contributed by atoms with Gasteiger partial charge in [0, 0.05) is 44.6 Å². The van der Waals surface area contributed by atoms with Gasteiger partial charge in [-0.25, -0.2) is 9.67 Å². The molecule has 1 aromatic carbocycles. The molecule has 166 valence electrons. The van der Waals surface area contributed by atoms with Crippen LogP contribution in [0.3, 0.4) is 0 Å². The highest BCUT2D eigenvalue weighted by Crippen LogP contribution is 2.12. The van der Waals surface area contributed by atoms with E-state index in [0.29, 0.717) is 18.5 Å². The number of guanidine groups is 1. The number of hydrogen-bond acceptors (Lipinski definition) is 4. The van der Waals surface area contributed by atoms with E-state index in [1.807, 2.05) is 16.9 Å². The number of aliphatic imine (C=N–C) groups is 1. The zero-order valence-electron chi connectivity index (χ0n) is 18.3. The van der Waals surface area contributed by atoms with E-state index in [2.05, 4.69) is 65.7 Å². The largest absolute Gasteiger partial charge is 0.379 e. The van der Waals surface area contributed by atoms with E-state index in [1.54, 1.807) is 6.20 Å². The van der Waals surface area contributed by atoms with Crippen LogP contribution < -0.4 is 10.6 Å². The van der Waals surface area contributed by atoms with Gasteiger partial charge in [-0.15, -0.1) is 24.0 Å². The first-order chi connectivity index (χ1) is 14.2. The van der Waals surface area contributed by atoms with Crippen LogP contribution in [0.25, 0.3) is 5.69 Å². The molecule has 8 heteroatoms. The van der Waals surface area contributed by atoms with E-state index in [9.17, 15) is 0 Å². The number of morpholine rings is 1. The minimum atomic E-state index is 0. The van der Waals surface area contributed by atoms with Crippen LogP contribution in [0, 0.1) is 5.92 Å². The third-order valence-corrected chi connectivity index (χ3v) is 5.23. The van der Waals surface area contributed by atoms with Crippen LogP contribution in [-0.2, 0) is 11.3 Å². The Labute approximate surface area is 197 Å². The van der Waals surface area contributed by atoms with Crippen molar-refractivity contribution in [2.45, 2.75) is 33.4 Å². The Morgan fingerprint density at radius 2 is 1.90 bits per heavy atom. The van der Waals surface area contributed by atoms with Crippen LogP contribution in [-0.4, -0.2) is 66.1 Å². The molecule has 2 aromatic rings. The average Bonchev–Trinajstić information content (AvgIpc) is 3.28.